The number of carbonyl (C=O) groups excluding carboxylic acids is 1. The maximum Gasteiger partial charge on any atom is 0.220 e. The van der Waals surface area contributed by atoms with Crippen LogP contribution in [0.25, 0.3) is 11.1 Å². The first kappa shape index (κ1) is 19.6. The summed E-state index contributed by atoms with van der Waals surface area (Å²) < 4.78 is 5.68. The van der Waals surface area contributed by atoms with Gasteiger partial charge in [0.2, 0.25) is 5.91 Å². The largest absolute Gasteiger partial charge is 0.390 e. The molecule has 2 aromatic rings. The number of amides is 1. The highest BCUT2D eigenvalue weighted by molar-refractivity contribution is 6.01. The van der Waals surface area contributed by atoms with Crippen molar-refractivity contribution in [2.45, 2.75) is 50.7 Å². The highest BCUT2D eigenvalue weighted by Crippen LogP contribution is 2.22. The summed E-state index contributed by atoms with van der Waals surface area (Å²) in [6.07, 6.45) is 5.56. The van der Waals surface area contributed by atoms with Gasteiger partial charge in [-0.3, -0.25) is 4.79 Å². The van der Waals surface area contributed by atoms with Crippen LogP contribution in [-0.4, -0.2) is 37.0 Å². The second kappa shape index (κ2) is 9.70. The van der Waals surface area contributed by atoms with Crippen LogP contribution in [-0.2, 0) is 14.4 Å². The fraction of sp³-hybridized carbons (Fsp3) is 0.417. The Morgan fingerprint density at radius 2 is 1.72 bits per heavy atom. The van der Waals surface area contributed by atoms with E-state index in [0.717, 1.165) is 37.1 Å². The molecule has 2 atom stereocenters. The molecule has 0 aliphatic carbocycles. The molecule has 2 aromatic carbocycles. The molecular formula is C24H28N2O3. The van der Waals surface area contributed by atoms with Gasteiger partial charge in [0.1, 0.15) is 6.10 Å². The van der Waals surface area contributed by atoms with E-state index in [9.17, 15) is 4.79 Å². The zero-order chi connectivity index (χ0) is 19.9. The van der Waals surface area contributed by atoms with E-state index >= 15 is 0 Å². The summed E-state index contributed by atoms with van der Waals surface area (Å²) in [6.45, 7) is 1.31. The Balaban J connectivity index is 1.21. The Kier molecular flexibility index (Phi) is 6.57. The quantitative estimate of drug-likeness (QED) is 0.764. The Hall–Kier alpha value is -2.66. The Labute approximate surface area is 172 Å². The molecule has 0 saturated carbocycles. The van der Waals surface area contributed by atoms with Crippen LogP contribution >= 0.6 is 0 Å². The molecule has 0 radical (unpaired) electrons. The van der Waals surface area contributed by atoms with Crippen molar-refractivity contribution in [2.24, 2.45) is 5.16 Å². The first-order chi connectivity index (χ1) is 14.3. The van der Waals surface area contributed by atoms with E-state index < -0.39 is 0 Å². The van der Waals surface area contributed by atoms with E-state index in [0.29, 0.717) is 19.4 Å². The van der Waals surface area contributed by atoms with Crippen molar-refractivity contribution in [1.29, 1.82) is 0 Å². The van der Waals surface area contributed by atoms with Gasteiger partial charge in [0.25, 0.3) is 0 Å². The van der Waals surface area contributed by atoms with Gasteiger partial charge in [0.15, 0.2) is 0 Å². The SMILES string of the molecule is O=C(CC[C@H]1CCCCO1)NC[C@H]1CC(c2ccc(-c3ccccc3)cc2)=NO1. The number of nitrogens with zero attached hydrogens (tertiary/aromatic N) is 1. The van der Waals surface area contributed by atoms with Crippen molar-refractivity contribution in [3.63, 3.8) is 0 Å². The molecule has 1 saturated heterocycles. The highest BCUT2D eigenvalue weighted by Gasteiger charge is 2.23. The minimum absolute atomic E-state index is 0.0587. The fourth-order valence-corrected chi connectivity index (χ4v) is 3.84. The van der Waals surface area contributed by atoms with E-state index in [2.05, 4.69) is 46.9 Å². The molecule has 29 heavy (non-hydrogen) atoms. The van der Waals surface area contributed by atoms with Gasteiger partial charge < -0.3 is 14.9 Å². The third-order valence-corrected chi connectivity index (χ3v) is 5.55. The number of nitrogens with one attached hydrogen (secondary N) is 1. The van der Waals surface area contributed by atoms with Crippen LogP contribution in [0.2, 0.25) is 0 Å². The van der Waals surface area contributed by atoms with Gasteiger partial charge in [0.05, 0.1) is 18.4 Å². The topological polar surface area (TPSA) is 59.9 Å². The molecule has 0 spiro atoms. The van der Waals surface area contributed by atoms with Crippen LogP contribution in [0.5, 0.6) is 0 Å². The summed E-state index contributed by atoms with van der Waals surface area (Å²) >= 11 is 0. The molecule has 2 aliphatic heterocycles. The molecular weight excluding hydrogens is 364 g/mol. The smallest absolute Gasteiger partial charge is 0.220 e. The van der Waals surface area contributed by atoms with Gasteiger partial charge in [-0.1, -0.05) is 59.8 Å². The van der Waals surface area contributed by atoms with Crippen LogP contribution in [0.1, 0.15) is 44.1 Å². The van der Waals surface area contributed by atoms with Gasteiger partial charge in [-0.2, -0.15) is 0 Å². The lowest BCUT2D eigenvalue weighted by molar-refractivity contribution is -0.122. The predicted molar refractivity (Wildman–Crippen MR) is 114 cm³/mol. The minimum atomic E-state index is -0.103. The fourth-order valence-electron chi connectivity index (χ4n) is 3.84. The second-order valence-electron chi connectivity index (χ2n) is 7.74. The number of ether oxygens (including phenoxy) is 1. The third-order valence-electron chi connectivity index (χ3n) is 5.55. The number of rotatable bonds is 7. The van der Waals surface area contributed by atoms with Crippen molar-refractivity contribution in [2.75, 3.05) is 13.2 Å². The highest BCUT2D eigenvalue weighted by atomic mass is 16.6. The van der Waals surface area contributed by atoms with E-state index in [1.165, 1.54) is 17.5 Å². The van der Waals surface area contributed by atoms with E-state index in [1.54, 1.807) is 0 Å². The van der Waals surface area contributed by atoms with Crippen LogP contribution in [0, 0.1) is 0 Å². The van der Waals surface area contributed by atoms with Gasteiger partial charge in [0, 0.05) is 19.4 Å². The van der Waals surface area contributed by atoms with Gasteiger partial charge in [-0.15, -0.1) is 0 Å². The Morgan fingerprint density at radius 1 is 0.966 bits per heavy atom. The average Bonchev–Trinajstić information content (AvgIpc) is 3.27. The molecule has 1 fully saturated rings. The summed E-state index contributed by atoms with van der Waals surface area (Å²) in [4.78, 5) is 17.6. The van der Waals surface area contributed by atoms with Gasteiger partial charge in [-0.05, 0) is 42.4 Å². The number of carbonyl (C=O) groups is 1. The van der Waals surface area contributed by atoms with Crippen molar-refractivity contribution in [3.8, 4) is 11.1 Å². The third kappa shape index (κ3) is 5.45. The van der Waals surface area contributed by atoms with Crippen LogP contribution in [0.15, 0.2) is 59.8 Å². The molecule has 0 aromatic heterocycles. The average molecular weight is 392 g/mol. The molecule has 5 nitrogen and oxygen atoms in total. The number of hydrogen-bond acceptors (Lipinski definition) is 4. The summed E-state index contributed by atoms with van der Waals surface area (Å²) in [5.74, 6) is 0.0587. The van der Waals surface area contributed by atoms with Crippen molar-refractivity contribution in [3.05, 3.63) is 60.2 Å². The molecule has 2 heterocycles. The lowest BCUT2D eigenvalue weighted by Gasteiger charge is -2.22. The maximum atomic E-state index is 12.1. The molecule has 1 amide bonds. The molecule has 0 bridgehead atoms. The normalized spacial score (nSPS) is 21.3. The van der Waals surface area contributed by atoms with Crippen LogP contribution < -0.4 is 5.32 Å². The first-order valence-electron chi connectivity index (χ1n) is 10.5. The van der Waals surface area contributed by atoms with E-state index in [4.69, 9.17) is 9.57 Å². The molecule has 1 N–H and O–H groups in total. The zero-order valence-corrected chi connectivity index (χ0v) is 16.7. The molecule has 4 rings (SSSR count). The second-order valence-corrected chi connectivity index (χ2v) is 7.74. The van der Waals surface area contributed by atoms with E-state index in [-0.39, 0.29) is 18.1 Å². The number of oxime groups is 1. The van der Waals surface area contributed by atoms with Crippen molar-refractivity contribution in [1.82, 2.24) is 5.32 Å². The summed E-state index contributed by atoms with van der Waals surface area (Å²) in [5, 5.41) is 7.21. The first-order valence-corrected chi connectivity index (χ1v) is 10.5. The van der Waals surface area contributed by atoms with Crippen molar-refractivity contribution < 1.29 is 14.4 Å². The zero-order valence-electron chi connectivity index (χ0n) is 16.7. The predicted octanol–water partition coefficient (Wildman–Crippen LogP) is 4.31. The van der Waals surface area contributed by atoms with Gasteiger partial charge in [-0.25, -0.2) is 0 Å². The monoisotopic (exact) mass is 392 g/mol. The van der Waals surface area contributed by atoms with E-state index in [1.807, 2.05) is 18.2 Å². The standard InChI is InChI=1S/C24H28N2O3/c27-24(14-13-21-8-4-5-15-28-21)25-17-22-16-23(26-29-22)20-11-9-19(10-12-20)18-6-2-1-3-7-18/h1-3,6-7,9-12,21-22H,4-5,8,13-17H2,(H,25,27)/t21-,22-/m1/s1. The lowest BCUT2D eigenvalue weighted by Crippen LogP contribution is -2.33. The molecule has 5 heteroatoms. The minimum Gasteiger partial charge on any atom is -0.390 e. The molecule has 0 unspecified atom stereocenters. The molecule has 2 aliphatic rings. The van der Waals surface area contributed by atoms with Crippen LogP contribution in [0.3, 0.4) is 0 Å². The summed E-state index contributed by atoms with van der Waals surface area (Å²) in [6, 6.07) is 18.7. The summed E-state index contributed by atoms with van der Waals surface area (Å²) in [7, 11) is 0. The number of hydrogen-bond donors (Lipinski definition) is 1. The Bertz CT molecular complexity index is 827. The Morgan fingerprint density at radius 3 is 2.48 bits per heavy atom. The number of benzene rings is 2. The maximum absolute atomic E-state index is 12.1. The molecule has 152 valence electrons. The van der Waals surface area contributed by atoms with Gasteiger partial charge >= 0.3 is 0 Å². The van der Waals surface area contributed by atoms with Crippen LogP contribution in [0.4, 0.5) is 0 Å². The lowest BCUT2D eigenvalue weighted by atomic mass is 10.00. The van der Waals surface area contributed by atoms with Crippen molar-refractivity contribution >= 4 is 11.6 Å². The summed E-state index contributed by atoms with van der Waals surface area (Å²) in [5.41, 5.74) is 4.37.